The minimum absolute atomic E-state index is 0.982. The number of nitrogens with zero attached hydrogens (tertiary/aromatic N) is 2. The Morgan fingerprint density at radius 2 is 1.00 bits per heavy atom. The van der Waals surface area contributed by atoms with Gasteiger partial charge in [-0.1, -0.05) is 48.5 Å². The topological polar surface area (TPSA) is 25.8 Å². The molecule has 0 spiro atoms. The second-order valence-corrected chi connectivity index (χ2v) is 5.15. The Morgan fingerprint density at radius 1 is 0.550 bits per heavy atom. The van der Waals surface area contributed by atoms with Crippen LogP contribution in [0.2, 0.25) is 0 Å². The number of benzene rings is 2. The van der Waals surface area contributed by atoms with Crippen molar-refractivity contribution in [3.8, 4) is 22.5 Å². The molecule has 5 rings (SSSR count). The van der Waals surface area contributed by atoms with Crippen LogP contribution in [0.5, 0.6) is 0 Å². The number of hydrogen-bond donors (Lipinski definition) is 0. The first kappa shape index (κ1) is 10.1. The molecular formula is C18H10N2. The highest BCUT2D eigenvalue weighted by Gasteiger charge is 2.19. The van der Waals surface area contributed by atoms with Gasteiger partial charge in [-0.3, -0.25) is 0 Å². The van der Waals surface area contributed by atoms with Gasteiger partial charge in [0.05, 0.1) is 22.1 Å². The molecule has 0 radical (unpaired) electrons. The van der Waals surface area contributed by atoms with E-state index in [1.54, 1.807) is 0 Å². The third-order valence-corrected chi connectivity index (χ3v) is 3.97. The van der Waals surface area contributed by atoms with Crippen molar-refractivity contribution in [1.29, 1.82) is 0 Å². The van der Waals surface area contributed by atoms with Crippen LogP contribution in [-0.2, 0) is 0 Å². The maximum absolute atomic E-state index is 4.84. The summed E-state index contributed by atoms with van der Waals surface area (Å²) in [7, 11) is 0. The zero-order valence-electron chi connectivity index (χ0n) is 10.7. The molecule has 0 fully saturated rings. The molecule has 0 atom stereocenters. The summed E-state index contributed by atoms with van der Waals surface area (Å²) >= 11 is 0. The van der Waals surface area contributed by atoms with E-state index >= 15 is 0 Å². The van der Waals surface area contributed by atoms with Crippen LogP contribution in [0.3, 0.4) is 0 Å². The lowest BCUT2D eigenvalue weighted by molar-refractivity contribution is 1.14. The molecule has 1 aromatic heterocycles. The largest absolute Gasteiger partial charge is 0.244 e. The van der Waals surface area contributed by atoms with Crippen molar-refractivity contribution in [2.24, 2.45) is 0 Å². The van der Waals surface area contributed by atoms with Gasteiger partial charge in [-0.25, -0.2) is 9.97 Å². The zero-order chi connectivity index (χ0) is 13.1. The van der Waals surface area contributed by atoms with Crippen LogP contribution >= 0.6 is 0 Å². The molecule has 0 amide bonds. The van der Waals surface area contributed by atoms with E-state index in [4.69, 9.17) is 9.97 Å². The standard InChI is InChI=1S/C18H10N2/c1-3-7-13-11(5-1)9-15-17(13)20-16-10-12-6-2-4-8-14(12)18(16)19-15/h1-10H. The third kappa shape index (κ3) is 1.18. The lowest BCUT2D eigenvalue weighted by atomic mass is 10.1. The molecule has 0 aliphatic heterocycles. The van der Waals surface area contributed by atoms with Crippen LogP contribution in [0.1, 0.15) is 11.1 Å². The van der Waals surface area contributed by atoms with E-state index in [2.05, 4.69) is 60.7 Å². The van der Waals surface area contributed by atoms with Crippen molar-refractivity contribution < 1.29 is 0 Å². The van der Waals surface area contributed by atoms with Crippen LogP contribution in [0.15, 0.2) is 48.5 Å². The molecule has 92 valence electrons. The number of hydrogen-bond acceptors (Lipinski definition) is 2. The Bertz CT molecular complexity index is 917. The van der Waals surface area contributed by atoms with Crippen molar-refractivity contribution in [2.75, 3.05) is 0 Å². The molecule has 2 aromatic carbocycles. The van der Waals surface area contributed by atoms with E-state index in [0.29, 0.717) is 0 Å². The molecular weight excluding hydrogens is 244 g/mol. The smallest absolute Gasteiger partial charge is 0.0973 e. The maximum atomic E-state index is 4.84. The third-order valence-electron chi connectivity index (χ3n) is 3.97. The lowest BCUT2D eigenvalue weighted by Gasteiger charge is -2.01. The van der Waals surface area contributed by atoms with Crippen LogP contribution in [0.25, 0.3) is 34.7 Å². The summed E-state index contributed by atoms with van der Waals surface area (Å²) < 4.78 is 0. The highest BCUT2D eigenvalue weighted by atomic mass is 14.8. The number of aromatic nitrogens is 2. The van der Waals surface area contributed by atoms with E-state index in [-0.39, 0.29) is 0 Å². The summed E-state index contributed by atoms with van der Waals surface area (Å²) in [5.41, 5.74) is 6.79. The quantitative estimate of drug-likeness (QED) is 0.423. The molecule has 0 saturated carbocycles. The first-order valence-electron chi connectivity index (χ1n) is 6.70. The van der Waals surface area contributed by atoms with Crippen LogP contribution < -0.4 is 10.7 Å². The van der Waals surface area contributed by atoms with E-state index in [1.807, 2.05) is 0 Å². The van der Waals surface area contributed by atoms with Gasteiger partial charge in [0.2, 0.25) is 0 Å². The van der Waals surface area contributed by atoms with Gasteiger partial charge in [-0.2, -0.15) is 0 Å². The molecule has 3 aromatic rings. The fourth-order valence-corrected chi connectivity index (χ4v) is 3.03. The lowest BCUT2D eigenvalue weighted by Crippen LogP contribution is -2.20. The van der Waals surface area contributed by atoms with Gasteiger partial charge in [0.1, 0.15) is 0 Å². The van der Waals surface area contributed by atoms with Gasteiger partial charge in [0.25, 0.3) is 0 Å². The van der Waals surface area contributed by atoms with Crippen LogP contribution in [-0.4, -0.2) is 9.97 Å². The fourth-order valence-electron chi connectivity index (χ4n) is 3.03. The molecule has 0 saturated heterocycles. The molecule has 2 aliphatic carbocycles. The van der Waals surface area contributed by atoms with Gasteiger partial charge < -0.3 is 0 Å². The fraction of sp³-hybridized carbons (Fsp3) is 0. The van der Waals surface area contributed by atoms with Crippen molar-refractivity contribution in [1.82, 2.24) is 9.97 Å². The number of rotatable bonds is 0. The van der Waals surface area contributed by atoms with E-state index < -0.39 is 0 Å². The van der Waals surface area contributed by atoms with Crippen molar-refractivity contribution in [3.63, 3.8) is 0 Å². The molecule has 0 N–H and O–H groups in total. The molecule has 2 heteroatoms. The summed E-state index contributed by atoms with van der Waals surface area (Å²) in [4.78, 5) is 9.68. The highest BCUT2D eigenvalue weighted by molar-refractivity contribution is 5.83. The maximum Gasteiger partial charge on any atom is 0.0973 e. The predicted molar refractivity (Wildman–Crippen MR) is 79.3 cm³/mol. The Kier molecular flexibility index (Phi) is 1.73. The summed E-state index contributed by atoms with van der Waals surface area (Å²) in [6.45, 7) is 0. The Labute approximate surface area is 115 Å². The van der Waals surface area contributed by atoms with Crippen molar-refractivity contribution >= 4 is 12.2 Å². The summed E-state index contributed by atoms with van der Waals surface area (Å²) in [5.74, 6) is 0. The highest BCUT2D eigenvalue weighted by Crippen LogP contribution is 2.27. The van der Waals surface area contributed by atoms with Gasteiger partial charge in [-0.05, 0) is 23.3 Å². The summed E-state index contributed by atoms with van der Waals surface area (Å²) in [5, 5.41) is 1.96. The molecule has 20 heavy (non-hydrogen) atoms. The van der Waals surface area contributed by atoms with Gasteiger partial charge in [-0.15, -0.1) is 0 Å². The first-order chi connectivity index (χ1) is 9.90. The van der Waals surface area contributed by atoms with E-state index in [1.165, 1.54) is 22.3 Å². The van der Waals surface area contributed by atoms with Crippen molar-refractivity contribution in [2.45, 2.75) is 0 Å². The average molecular weight is 254 g/mol. The average Bonchev–Trinajstić information content (AvgIpc) is 3.02. The van der Waals surface area contributed by atoms with E-state index in [9.17, 15) is 0 Å². The Morgan fingerprint density at radius 3 is 1.50 bits per heavy atom. The molecule has 0 unspecified atom stereocenters. The monoisotopic (exact) mass is 254 g/mol. The van der Waals surface area contributed by atoms with Crippen LogP contribution in [0.4, 0.5) is 0 Å². The minimum atomic E-state index is 0.982. The number of fused-ring (bicyclic) bond motifs is 6. The predicted octanol–water partition coefficient (Wildman–Crippen LogP) is 2.09. The van der Waals surface area contributed by atoms with Gasteiger partial charge in [0.15, 0.2) is 0 Å². The Balaban J connectivity index is 1.88. The summed E-state index contributed by atoms with van der Waals surface area (Å²) in [6, 6.07) is 16.7. The molecule has 1 heterocycles. The van der Waals surface area contributed by atoms with Crippen molar-refractivity contribution in [3.05, 3.63) is 70.4 Å². The Hall–Kier alpha value is -2.74. The SMILES string of the molecule is C1=c2nc3c(nc2-c2ccccc21)=Cc1ccccc1-3. The second kappa shape index (κ2) is 3.42. The molecule has 2 aliphatic rings. The first-order valence-corrected chi connectivity index (χ1v) is 6.70. The van der Waals surface area contributed by atoms with Gasteiger partial charge in [0, 0.05) is 11.1 Å². The summed E-state index contributed by atoms with van der Waals surface area (Å²) in [6.07, 6.45) is 4.25. The zero-order valence-corrected chi connectivity index (χ0v) is 10.7. The van der Waals surface area contributed by atoms with E-state index in [0.717, 1.165) is 22.1 Å². The normalized spacial score (nSPS) is 12.8. The van der Waals surface area contributed by atoms with Gasteiger partial charge >= 0.3 is 0 Å². The molecule has 0 bridgehead atoms. The van der Waals surface area contributed by atoms with Crippen LogP contribution in [0, 0.1) is 0 Å². The molecule has 2 nitrogen and oxygen atoms in total. The second-order valence-electron chi connectivity index (χ2n) is 5.15. The minimum Gasteiger partial charge on any atom is -0.244 e.